The second kappa shape index (κ2) is 5.05. The predicted molar refractivity (Wildman–Crippen MR) is 78.5 cm³/mol. The maximum Gasteiger partial charge on any atom is 0.338 e. The van der Waals surface area contributed by atoms with Crippen LogP contribution in [0.1, 0.15) is 21.7 Å². The third kappa shape index (κ3) is 2.33. The van der Waals surface area contributed by atoms with Gasteiger partial charge in [0.1, 0.15) is 18.1 Å². The van der Waals surface area contributed by atoms with Gasteiger partial charge in [0.05, 0.1) is 11.8 Å². The van der Waals surface area contributed by atoms with E-state index >= 15 is 0 Å². The van der Waals surface area contributed by atoms with E-state index in [-0.39, 0.29) is 11.9 Å². The second-order valence-electron chi connectivity index (χ2n) is 4.82. The average molecular weight is 310 g/mol. The Morgan fingerprint density at radius 2 is 2.22 bits per heavy atom. The molecule has 114 valence electrons. The van der Waals surface area contributed by atoms with E-state index in [1.54, 1.807) is 18.2 Å². The Hall–Kier alpha value is -3.49. The molecule has 9 heteroatoms. The van der Waals surface area contributed by atoms with E-state index in [1.165, 1.54) is 6.21 Å². The number of tetrazole rings is 1. The van der Waals surface area contributed by atoms with Gasteiger partial charge in [-0.3, -0.25) is 0 Å². The summed E-state index contributed by atoms with van der Waals surface area (Å²) in [6.07, 6.45) is 1.44. The summed E-state index contributed by atoms with van der Waals surface area (Å²) in [6.45, 7) is 0.317. The van der Waals surface area contributed by atoms with Gasteiger partial charge >= 0.3 is 5.97 Å². The standard InChI is InChI=1S/C14H10N6O3/c15-14-17-18-19-20(14)16-6-10-3-4-12(23-10)8-1-2-9-7-22-13(21)11(9)5-8/h1-6H,7H2,(H2,15,17,19). The van der Waals surface area contributed by atoms with Gasteiger partial charge in [-0.05, 0) is 28.6 Å². The number of ether oxygens (including phenoxy) is 1. The highest BCUT2D eigenvalue weighted by Gasteiger charge is 2.21. The number of hydrogen-bond donors (Lipinski definition) is 1. The molecule has 0 bridgehead atoms. The first-order chi connectivity index (χ1) is 11.2. The molecule has 2 aromatic heterocycles. The van der Waals surface area contributed by atoms with Crippen LogP contribution in [0.5, 0.6) is 0 Å². The zero-order valence-electron chi connectivity index (χ0n) is 11.7. The van der Waals surface area contributed by atoms with Gasteiger partial charge in [0.25, 0.3) is 5.95 Å². The molecule has 1 aliphatic rings. The largest absolute Gasteiger partial charge is 0.457 e. The fraction of sp³-hybridized carbons (Fsp3) is 0.0714. The van der Waals surface area contributed by atoms with Crippen LogP contribution < -0.4 is 5.73 Å². The van der Waals surface area contributed by atoms with Crippen molar-refractivity contribution in [1.29, 1.82) is 0 Å². The summed E-state index contributed by atoms with van der Waals surface area (Å²) >= 11 is 0. The van der Waals surface area contributed by atoms with Crippen LogP contribution in [-0.4, -0.2) is 32.5 Å². The average Bonchev–Trinajstić information content (AvgIpc) is 3.26. The number of aromatic nitrogens is 4. The first-order valence-electron chi connectivity index (χ1n) is 6.69. The summed E-state index contributed by atoms with van der Waals surface area (Å²) in [5.41, 5.74) is 7.73. The van der Waals surface area contributed by atoms with Crippen LogP contribution in [0.2, 0.25) is 0 Å². The maximum absolute atomic E-state index is 11.6. The second-order valence-corrected chi connectivity index (χ2v) is 4.82. The monoisotopic (exact) mass is 310 g/mol. The molecule has 0 aliphatic carbocycles. The highest BCUT2D eigenvalue weighted by Crippen LogP contribution is 2.28. The number of nitrogens with zero attached hydrogens (tertiary/aromatic N) is 5. The lowest BCUT2D eigenvalue weighted by Gasteiger charge is -1.99. The highest BCUT2D eigenvalue weighted by molar-refractivity contribution is 5.94. The van der Waals surface area contributed by atoms with Crippen LogP contribution in [0, 0.1) is 0 Å². The van der Waals surface area contributed by atoms with Crippen molar-refractivity contribution >= 4 is 18.1 Å². The fourth-order valence-electron chi connectivity index (χ4n) is 2.23. The Morgan fingerprint density at radius 3 is 3.04 bits per heavy atom. The Balaban J connectivity index is 1.61. The summed E-state index contributed by atoms with van der Waals surface area (Å²) in [5.74, 6) is 0.867. The lowest BCUT2D eigenvalue weighted by molar-refractivity contribution is 0.0535. The molecule has 0 saturated heterocycles. The molecule has 3 aromatic rings. The number of nitrogens with two attached hydrogens (primary N) is 1. The zero-order chi connectivity index (χ0) is 15.8. The summed E-state index contributed by atoms with van der Waals surface area (Å²) in [6, 6.07) is 9.01. The van der Waals surface area contributed by atoms with Crippen molar-refractivity contribution in [3.63, 3.8) is 0 Å². The number of fused-ring (bicyclic) bond motifs is 1. The van der Waals surface area contributed by atoms with E-state index < -0.39 is 0 Å². The number of carbonyl (C=O) groups excluding carboxylic acids is 1. The van der Waals surface area contributed by atoms with Crippen LogP contribution in [-0.2, 0) is 11.3 Å². The van der Waals surface area contributed by atoms with Crippen LogP contribution in [0.25, 0.3) is 11.3 Å². The van der Waals surface area contributed by atoms with Gasteiger partial charge in [-0.25, -0.2) is 4.79 Å². The molecule has 4 rings (SSSR count). The Kier molecular flexibility index (Phi) is 2.90. The van der Waals surface area contributed by atoms with Gasteiger partial charge < -0.3 is 14.9 Å². The van der Waals surface area contributed by atoms with E-state index in [9.17, 15) is 4.79 Å². The molecule has 1 aromatic carbocycles. The minimum absolute atomic E-state index is 0.0742. The number of esters is 1. The Labute approximate surface area is 129 Å². The molecular weight excluding hydrogens is 300 g/mol. The first kappa shape index (κ1) is 13.2. The first-order valence-corrected chi connectivity index (χ1v) is 6.69. The van der Waals surface area contributed by atoms with E-state index in [1.807, 2.05) is 12.1 Å². The van der Waals surface area contributed by atoms with E-state index in [0.29, 0.717) is 23.7 Å². The smallest absolute Gasteiger partial charge is 0.338 e. The van der Waals surface area contributed by atoms with Gasteiger partial charge in [0.15, 0.2) is 0 Å². The van der Waals surface area contributed by atoms with Crippen molar-refractivity contribution in [3.8, 4) is 11.3 Å². The van der Waals surface area contributed by atoms with E-state index in [2.05, 4.69) is 20.6 Å². The highest BCUT2D eigenvalue weighted by atomic mass is 16.5. The van der Waals surface area contributed by atoms with Crippen LogP contribution in [0.15, 0.2) is 39.9 Å². The molecule has 3 heterocycles. The maximum atomic E-state index is 11.6. The fourth-order valence-corrected chi connectivity index (χ4v) is 2.23. The van der Waals surface area contributed by atoms with Crippen molar-refractivity contribution in [3.05, 3.63) is 47.2 Å². The third-order valence-electron chi connectivity index (χ3n) is 3.37. The number of hydrogen-bond acceptors (Lipinski definition) is 8. The topological polar surface area (TPSA) is 121 Å². The molecule has 0 saturated carbocycles. The lowest BCUT2D eigenvalue weighted by Crippen LogP contribution is -1.99. The minimum atomic E-state index is -0.315. The van der Waals surface area contributed by atoms with Crippen LogP contribution >= 0.6 is 0 Å². The zero-order valence-corrected chi connectivity index (χ0v) is 11.7. The number of rotatable bonds is 3. The number of nitrogen functional groups attached to an aromatic ring is 1. The van der Waals surface area contributed by atoms with E-state index in [4.69, 9.17) is 14.9 Å². The summed E-state index contributed by atoms with van der Waals surface area (Å²) in [7, 11) is 0. The van der Waals surface area contributed by atoms with Crippen LogP contribution in [0.3, 0.4) is 0 Å². The van der Waals surface area contributed by atoms with Crippen molar-refractivity contribution < 1.29 is 13.9 Å². The molecule has 0 atom stereocenters. The number of benzene rings is 1. The Bertz CT molecular complexity index is 926. The van der Waals surface area contributed by atoms with Gasteiger partial charge in [-0.2, -0.15) is 5.10 Å². The van der Waals surface area contributed by atoms with Gasteiger partial charge in [0.2, 0.25) is 0 Å². The number of carbonyl (C=O) groups is 1. The van der Waals surface area contributed by atoms with Gasteiger partial charge in [0, 0.05) is 11.1 Å². The van der Waals surface area contributed by atoms with Crippen molar-refractivity contribution in [2.45, 2.75) is 6.61 Å². The molecule has 1 aliphatic heterocycles. The SMILES string of the molecule is Nc1nnnn1N=Cc1ccc(-c2ccc3c(c2)C(=O)OC3)o1. The molecule has 0 amide bonds. The molecule has 0 fully saturated rings. The van der Waals surface area contributed by atoms with Gasteiger partial charge in [-0.1, -0.05) is 22.0 Å². The molecular formula is C14H10N6O3. The van der Waals surface area contributed by atoms with E-state index in [0.717, 1.165) is 15.9 Å². The minimum Gasteiger partial charge on any atom is -0.457 e. The van der Waals surface area contributed by atoms with Gasteiger partial charge in [-0.15, -0.1) is 0 Å². The Morgan fingerprint density at radius 1 is 1.30 bits per heavy atom. The lowest BCUT2D eigenvalue weighted by atomic mass is 10.0. The summed E-state index contributed by atoms with van der Waals surface area (Å²) in [4.78, 5) is 12.7. The molecule has 23 heavy (non-hydrogen) atoms. The van der Waals surface area contributed by atoms with Crippen molar-refractivity contribution in [1.82, 2.24) is 20.3 Å². The molecule has 0 unspecified atom stereocenters. The molecule has 2 N–H and O–H groups in total. The predicted octanol–water partition coefficient (Wildman–Crippen LogP) is 1.07. The third-order valence-corrected chi connectivity index (χ3v) is 3.37. The number of furan rings is 1. The normalized spacial score (nSPS) is 13.5. The quantitative estimate of drug-likeness (QED) is 0.567. The number of anilines is 1. The van der Waals surface area contributed by atoms with Crippen LogP contribution in [0.4, 0.5) is 5.95 Å². The van der Waals surface area contributed by atoms with Crippen molar-refractivity contribution in [2.75, 3.05) is 5.73 Å². The summed E-state index contributed by atoms with van der Waals surface area (Å²) < 4.78 is 10.7. The van der Waals surface area contributed by atoms with Crippen molar-refractivity contribution in [2.24, 2.45) is 5.10 Å². The molecule has 0 spiro atoms. The number of cyclic esters (lactones) is 1. The summed E-state index contributed by atoms with van der Waals surface area (Å²) in [5, 5.41) is 14.4. The molecule has 0 radical (unpaired) electrons. The molecule has 9 nitrogen and oxygen atoms in total.